The molecule has 122 valence electrons. The van der Waals surface area contributed by atoms with E-state index in [9.17, 15) is 10.1 Å². The number of nitriles is 1. The minimum atomic E-state index is -0.471. The Morgan fingerprint density at radius 2 is 1.76 bits per heavy atom. The van der Waals surface area contributed by atoms with Crippen LogP contribution >= 0.6 is 22.6 Å². The van der Waals surface area contributed by atoms with Crippen LogP contribution in [0.25, 0.3) is 17.4 Å². The topological polar surface area (TPSA) is 66.0 Å². The highest BCUT2D eigenvalue weighted by Crippen LogP contribution is 2.23. The molecule has 2 aromatic carbocycles. The second kappa shape index (κ2) is 7.81. The van der Waals surface area contributed by atoms with Crippen molar-refractivity contribution in [3.63, 3.8) is 0 Å². The van der Waals surface area contributed by atoms with E-state index in [0.29, 0.717) is 17.2 Å². The molecular weight excluding hydrogens is 427 g/mol. The van der Waals surface area contributed by atoms with E-state index in [-0.39, 0.29) is 5.57 Å². The molecule has 1 N–H and O–H groups in total. The molecule has 0 atom stereocenters. The van der Waals surface area contributed by atoms with Crippen LogP contribution in [0.1, 0.15) is 5.76 Å². The number of benzene rings is 2. The molecule has 3 aromatic rings. The highest BCUT2D eigenvalue weighted by atomic mass is 127. The predicted molar refractivity (Wildman–Crippen MR) is 106 cm³/mol. The van der Waals surface area contributed by atoms with Crippen LogP contribution < -0.4 is 5.32 Å². The smallest absolute Gasteiger partial charge is 0.266 e. The van der Waals surface area contributed by atoms with Crippen LogP contribution in [0.3, 0.4) is 0 Å². The highest BCUT2D eigenvalue weighted by molar-refractivity contribution is 14.1. The van der Waals surface area contributed by atoms with Gasteiger partial charge >= 0.3 is 0 Å². The molecule has 1 heterocycles. The van der Waals surface area contributed by atoms with Gasteiger partial charge in [0.05, 0.1) is 0 Å². The third kappa shape index (κ3) is 4.37. The Hall–Kier alpha value is -2.85. The molecule has 0 radical (unpaired) electrons. The number of furan rings is 1. The van der Waals surface area contributed by atoms with Gasteiger partial charge in [-0.1, -0.05) is 30.3 Å². The Kier molecular flexibility index (Phi) is 5.31. The summed E-state index contributed by atoms with van der Waals surface area (Å²) >= 11 is 2.18. The second-order valence-electron chi connectivity index (χ2n) is 5.20. The number of anilines is 1. The van der Waals surface area contributed by atoms with E-state index in [1.807, 2.05) is 54.6 Å². The van der Waals surface area contributed by atoms with E-state index in [2.05, 4.69) is 27.9 Å². The van der Waals surface area contributed by atoms with E-state index >= 15 is 0 Å². The molecule has 5 heteroatoms. The summed E-state index contributed by atoms with van der Waals surface area (Å²) in [6.07, 6.45) is 1.44. The lowest BCUT2D eigenvalue weighted by molar-refractivity contribution is -0.112. The molecule has 0 fully saturated rings. The number of carbonyl (C=O) groups is 1. The highest BCUT2D eigenvalue weighted by Gasteiger charge is 2.11. The van der Waals surface area contributed by atoms with Crippen LogP contribution in [0.15, 0.2) is 76.7 Å². The molecule has 25 heavy (non-hydrogen) atoms. The summed E-state index contributed by atoms with van der Waals surface area (Å²) in [5, 5.41) is 12.0. The molecular formula is C20H13IN2O2. The molecule has 1 amide bonds. The van der Waals surface area contributed by atoms with Crippen LogP contribution in [0.4, 0.5) is 5.69 Å². The largest absolute Gasteiger partial charge is 0.457 e. The van der Waals surface area contributed by atoms with Gasteiger partial charge in [0.25, 0.3) is 5.91 Å². The first-order valence-corrected chi connectivity index (χ1v) is 8.57. The summed E-state index contributed by atoms with van der Waals surface area (Å²) in [5.74, 6) is 0.664. The Bertz CT molecular complexity index is 951. The Labute approximate surface area is 158 Å². The number of nitrogens with one attached hydrogen (secondary N) is 1. The quantitative estimate of drug-likeness (QED) is 0.349. The molecule has 3 rings (SSSR count). The van der Waals surface area contributed by atoms with Crippen LogP contribution in [0.2, 0.25) is 0 Å². The van der Waals surface area contributed by atoms with Crippen molar-refractivity contribution >= 4 is 40.3 Å². The fraction of sp³-hybridized carbons (Fsp3) is 0. The molecule has 1 aromatic heterocycles. The van der Waals surface area contributed by atoms with Crippen LogP contribution in [-0.4, -0.2) is 5.91 Å². The maximum Gasteiger partial charge on any atom is 0.266 e. The molecule has 0 saturated carbocycles. The zero-order valence-corrected chi connectivity index (χ0v) is 15.2. The van der Waals surface area contributed by atoms with Crippen molar-refractivity contribution in [3.05, 3.63) is 81.6 Å². The van der Waals surface area contributed by atoms with Crippen molar-refractivity contribution in [2.45, 2.75) is 0 Å². The minimum absolute atomic E-state index is 0.0208. The molecule has 4 nitrogen and oxygen atoms in total. The summed E-state index contributed by atoms with van der Waals surface area (Å²) in [6.45, 7) is 0. The third-order valence-electron chi connectivity index (χ3n) is 3.44. The Balaban J connectivity index is 1.78. The fourth-order valence-electron chi connectivity index (χ4n) is 2.21. The normalized spacial score (nSPS) is 11.0. The van der Waals surface area contributed by atoms with Crippen molar-refractivity contribution < 1.29 is 9.21 Å². The van der Waals surface area contributed by atoms with Gasteiger partial charge in [0.1, 0.15) is 23.2 Å². The van der Waals surface area contributed by atoms with Gasteiger partial charge in [-0.15, -0.1) is 0 Å². The summed E-state index contributed by atoms with van der Waals surface area (Å²) < 4.78 is 6.78. The summed E-state index contributed by atoms with van der Waals surface area (Å²) in [6, 6.07) is 22.4. The average Bonchev–Trinajstić information content (AvgIpc) is 3.11. The number of nitrogens with zero attached hydrogens (tertiary/aromatic N) is 1. The number of rotatable bonds is 4. The van der Waals surface area contributed by atoms with E-state index in [1.165, 1.54) is 6.08 Å². The molecule has 0 saturated heterocycles. The van der Waals surface area contributed by atoms with Gasteiger partial charge in [0, 0.05) is 20.9 Å². The number of hydrogen-bond acceptors (Lipinski definition) is 3. The first-order chi connectivity index (χ1) is 12.2. The van der Waals surface area contributed by atoms with Crippen LogP contribution in [0, 0.1) is 14.9 Å². The molecule has 0 aliphatic rings. The van der Waals surface area contributed by atoms with Gasteiger partial charge in [-0.05, 0) is 59.0 Å². The van der Waals surface area contributed by atoms with Crippen molar-refractivity contribution in [3.8, 4) is 17.4 Å². The lowest BCUT2D eigenvalue weighted by Gasteiger charge is -2.03. The first-order valence-electron chi connectivity index (χ1n) is 7.50. The van der Waals surface area contributed by atoms with E-state index in [0.717, 1.165) is 9.13 Å². The molecule has 0 bridgehead atoms. The summed E-state index contributed by atoms with van der Waals surface area (Å²) in [4.78, 5) is 12.3. The van der Waals surface area contributed by atoms with Gasteiger partial charge < -0.3 is 9.73 Å². The number of halogens is 1. The van der Waals surface area contributed by atoms with Crippen LogP contribution in [0.5, 0.6) is 0 Å². The molecule has 0 spiro atoms. The molecule has 0 aliphatic heterocycles. The van der Waals surface area contributed by atoms with E-state index in [1.54, 1.807) is 18.2 Å². The van der Waals surface area contributed by atoms with Crippen molar-refractivity contribution in [1.29, 1.82) is 5.26 Å². The van der Waals surface area contributed by atoms with Gasteiger partial charge in [-0.3, -0.25) is 4.79 Å². The molecule has 0 aliphatic carbocycles. The zero-order valence-electron chi connectivity index (χ0n) is 13.1. The van der Waals surface area contributed by atoms with Crippen molar-refractivity contribution in [2.24, 2.45) is 0 Å². The average molecular weight is 440 g/mol. The maximum atomic E-state index is 12.3. The lowest BCUT2D eigenvalue weighted by atomic mass is 10.2. The van der Waals surface area contributed by atoms with E-state index in [4.69, 9.17) is 4.42 Å². The second-order valence-corrected chi connectivity index (χ2v) is 6.44. The third-order valence-corrected chi connectivity index (χ3v) is 4.16. The van der Waals surface area contributed by atoms with Gasteiger partial charge in [-0.2, -0.15) is 5.26 Å². The zero-order chi connectivity index (χ0) is 17.6. The Morgan fingerprint density at radius 3 is 2.44 bits per heavy atom. The number of carbonyl (C=O) groups excluding carboxylic acids is 1. The SMILES string of the molecule is N#CC(=Cc1ccc(-c2ccccc2)o1)C(=O)Nc1ccc(I)cc1. The van der Waals surface area contributed by atoms with Crippen molar-refractivity contribution in [1.82, 2.24) is 0 Å². The fourth-order valence-corrected chi connectivity index (χ4v) is 2.57. The lowest BCUT2D eigenvalue weighted by Crippen LogP contribution is -2.13. The molecule has 0 unspecified atom stereocenters. The number of hydrogen-bond donors (Lipinski definition) is 1. The van der Waals surface area contributed by atoms with E-state index < -0.39 is 5.91 Å². The van der Waals surface area contributed by atoms with Gasteiger partial charge in [0.15, 0.2) is 0 Å². The Morgan fingerprint density at radius 1 is 1.04 bits per heavy atom. The predicted octanol–water partition coefficient (Wildman–Crippen LogP) is 5.10. The maximum absolute atomic E-state index is 12.3. The summed E-state index contributed by atoms with van der Waals surface area (Å²) in [5.41, 5.74) is 1.55. The van der Waals surface area contributed by atoms with Crippen molar-refractivity contribution in [2.75, 3.05) is 5.32 Å². The number of amides is 1. The van der Waals surface area contributed by atoms with Gasteiger partial charge in [-0.25, -0.2) is 0 Å². The summed E-state index contributed by atoms with van der Waals surface area (Å²) in [7, 11) is 0. The standard InChI is InChI=1S/C20H13IN2O2/c21-16-6-8-17(9-7-16)23-20(24)15(13-22)12-18-10-11-19(25-18)14-4-2-1-3-5-14/h1-12H,(H,23,24). The monoisotopic (exact) mass is 440 g/mol. The van der Waals surface area contributed by atoms with Gasteiger partial charge in [0.2, 0.25) is 0 Å². The first kappa shape index (κ1) is 17.0. The van der Waals surface area contributed by atoms with Crippen LogP contribution in [-0.2, 0) is 4.79 Å². The minimum Gasteiger partial charge on any atom is -0.457 e.